The van der Waals surface area contributed by atoms with Gasteiger partial charge in [0.05, 0.1) is 10.9 Å². The quantitative estimate of drug-likeness (QED) is 0.759. The van der Waals surface area contributed by atoms with Crippen molar-refractivity contribution in [3.05, 3.63) is 58.4 Å². The summed E-state index contributed by atoms with van der Waals surface area (Å²) in [4.78, 5) is 19.3. The Morgan fingerprint density at radius 1 is 1.11 bits per heavy atom. The summed E-state index contributed by atoms with van der Waals surface area (Å²) in [5, 5.41) is 3.65. The van der Waals surface area contributed by atoms with Crippen LogP contribution in [0.5, 0.6) is 0 Å². The zero-order valence-corrected chi connectivity index (χ0v) is 16.9. The van der Waals surface area contributed by atoms with Crippen LogP contribution < -0.4 is 10.0 Å². The van der Waals surface area contributed by atoms with Gasteiger partial charge in [-0.1, -0.05) is 12.1 Å². The van der Waals surface area contributed by atoms with Crippen molar-refractivity contribution in [1.82, 2.24) is 14.6 Å². The Morgan fingerprint density at radius 3 is 2.54 bits per heavy atom. The molecule has 1 aromatic heterocycles. The van der Waals surface area contributed by atoms with Gasteiger partial charge in [-0.05, 0) is 84.9 Å². The van der Waals surface area contributed by atoms with Crippen LogP contribution in [0.2, 0.25) is 0 Å². The molecule has 1 fully saturated rings. The van der Waals surface area contributed by atoms with Crippen LogP contribution in [-0.2, 0) is 32.2 Å². The lowest BCUT2D eigenvalue weighted by atomic mass is 9.99. The van der Waals surface area contributed by atoms with Gasteiger partial charge in [-0.15, -0.1) is 0 Å². The number of nitrogens with one attached hydrogen (secondary N) is 2. The van der Waals surface area contributed by atoms with Gasteiger partial charge >= 0.3 is 6.03 Å². The molecule has 0 radical (unpaired) electrons. The number of carbonyl (C=O) groups is 1. The number of nitrogens with zero attached hydrogens (tertiary/aromatic N) is 2. The van der Waals surface area contributed by atoms with E-state index in [4.69, 9.17) is 0 Å². The topological polar surface area (TPSA) is 57.3 Å². The van der Waals surface area contributed by atoms with Crippen molar-refractivity contribution in [3.63, 3.8) is 0 Å². The number of rotatable bonds is 5. The van der Waals surface area contributed by atoms with Crippen molar-refractivity contribution in [1.29, 1.82) is 0 Å². The van der Waals surface area contributed by atoms with Crippen LogP contribution in [0.15, 0.2) is 30.5 Å². The van der Waals surface area contributed by atoms with Crippen LogP contribution in [0.25, 0.3) is 0 Å². The van der Waals surface area contributed by atoms with E-state index in [9.17, 15) is 4.79 Å². The number of aromatic nitrogens is 1. The zero-order valence-electron chi connectivity index (χ0n) is 16.0. The monoisotopic (exact) mass is 394 g/mol. The lowest BCUT2D eigenvalue weighted by molar-refractivity contribution is 0.179. The molecule has 2 aromatic rings. The number of fused-ring (bicyclic) bond motifs is 2. The number of urea groups is 1. The highest BCUT2D eigenvalue weighted by molar-refractivity contribution is 7.98. The third-order valence-corrected chi connectivity index (χ3v) is 7.00. The standard InChI is InChI=1S/C22H26N4OS/c27-22(25-28-18-13-26(14-18)12-17-7-1-2-10-23-17)24-21-19-8-3-5-15(19)11-16-6-4-9-20(16)21/h1-2,7,10-11,18H,3-6,8-9,12-14H2,(H2,24,25,27). The minimum Gasteiger partial charge on any atom is -0.307 e. The van der Waals surface area contributed by atoms with Gasteiger partial charge in [0.15, 0.2) is 0 Å². The molecule has 0 saturated carbocycles. The molecule has 3 aliphatic rings. The number of benzene rings is 1. The molecule has 1 aromatic carbocycles. The van der Waals surface area contributed by atoms with Gasteiger partial charge < -0.3 is 5.32 Å². The average Bonchev–Trinajstić information content (AvgIpc) is 3.33. The van der Waals surface area contributed by atoms with Crippen molar-refractivity contribution < 1.29 is 4.79 Å². The van der Waals surface area contributed by atoms with Crippen molar-refractivity contribution in [2.75, 3.05) is 18.4 Å². The number of hydrogen-bond donors (Lipinski definition) is 2. The minimum absolute atomic E-state index is 0.0809. The van der Waals surface area contributed by atoms with Crippen molar-refractivity contribution >= 4 is 23.7 Å². The van der Waals surface area contributed by atoms with Gasteiger partial charge in [-0.3, -0.25) is 14.6 Å². The van der Waals surface area contributed by atoms with Gasteiger partial charge in [0.1, 0.15) is 0 Å². The van der Waals surface area contributed by atoms with Gasteiger partial charge in [0.2, 0.25) is 0 Å². The number of likely N-dealkylation sites (tertiary alicyclic amines) is 1. The fraction of sp³-hybridized carbons (Fsp3) is 0.455. The number of hydrogen-bond acceptors (Lipinski definition) is 4. The van der Waals surface area contributed by atoms with E-state index in [0.717, 1.165) is 56.7 Å². The molecule has 5 nitrogen and oxygen atoms in total. The molecule has 2 aliphatic carbocycles. The van der Waals surface area contributed by atoms with Crippen LogP contribution in [0.3, 0.4) is 0 Å². The second-order valence-electron chi connectivity index (χ2n) is 8.05. The first-order valence-corrected chi connectivity index (χ1v) is 11.2. The van der Waals surface area contributed by atoms with E-state index in [-0.39, 0.29) is 6.03 Å². The number of anilines is 1. The summed E-state index contributed by atoms with van der Waals surface area (Å²) in [5.41, 5.74) is 7.88. The maximum absolute atomic E-state index is 12.6. The van der Waals surface area contributed by atoms with Crippen LogP contribution in [0, 0.1) is 0 Å². The molecule has 0 atom stereocenters. The van der Waals surface area contributed by atoms with Crippen LogP contribution in [0.4, 0.5) is 10.5 Å². The average molecular weight is 395 g/mol. The normalized spacial score (nSPS) is 18.4. The van der Waals surface area contributed by atoms with Crippen LogP contribution in [0.1, 0.15) is 40.8 Å². The largest absolute Gasteiger partial charge is 0.329 e. The molecule has 2 amide bonds. The molecule has 0 bridgehead atoms. The first-order valence-electron chi connectivity index (χ1n) is 10.3. The highest BCUT2D eigenvalue weighted by Crippen LogP contribution is 2.38. The summed E-state index contributed by atoms with van der Waals surface area (Å²) in [6, 6.07) is 8.34. The van der Waals surface area contributed by atoms with E-state index in [1.165, 1.54) is 35.1 Å². The van der Waals surface area contributed by atoms with E-state index in [1.807, 2.05) is 18.3 Å². The smallest absolute Gasteiger partial charge is 0.307 e. The third-order valence-electron chi connectivity index (χ3n) is 6.07. The van der Waals surface area contributed by atoms with E-state index in [1.54, 1.807) is 11.9 Å². The van der Waals surface area contributed by atoms with E-state index >= 15 is 0 Å². The Balaban J connectivity index is 1.14. The minimum atomic E-state index is -0.0809. The number of pyridine rings is 1. The maximum Gasteiger partial charge on any atom is 0.329 e. The highest BCUT2D eigenvalue weighted by atomic mass is 32.2. The Bertz CT molecular complexity index is 848. The zero-order chi connectivity index (χ0) is 18.9. The van der Waals surface area contributed by atoms with Gasteiger partial charge in [0, 0.05) is 31.5 Å². The molecule has 2 N–H and O–H groups in total. The maximum atomic E-state index is 12.6. The molecule has 0 spiro atoms. The van der Waals surface area contributed by atoms with E-state index < -0.39 is 0 Å². The fourth-order valence-electron chi connectivity index (χ4n) is 4.69. The van der Waals surface area contributed by atoms with Gasteiger partial charge in [0.25, 0.3) is 0 Å². The first kappa shape index (κ1) is 18.0. The Labute approximate surface area is 170 Å². The van der Waals surface area contributed by atoms with Crippen molar-refractivity contribution in [2.45, 2.75) is 50.3 Å². The predicted molar refractivity (Wildman–Crippen MR) is 114 cm³/mol. The van der Waals surface area contributed by atoms with E-state index in [0.29, 0.717) is 5.25 Å². The van der Waals surface area contributed by atoms with Gasteiger partial charge in [-0.25, -0.2) is 4.79 Å². The summed E-state index contributed by atoms with van der Waals surface area (Å²) in [6.07, 6.45) is 8.75. The highest BCUT2D eigenvalue weighted by Gasteiger charge is 2.29. The van der Waals surface area contributed by atoms with Crippen molar-refractivity contribution in [2.24, 2.45) is 0 Å². The number of amides is 2. The summed E-state index contributed by atoms with van der Waals surface area (Å²) >= 11 is 1.55. The fourth-order valence-corrected chi connectivity index (χ4v) is 5.59. The molecule has 0 unspecified atom stereocenters. The lowest BCUT2D eigenvalue weighted by Crippen LogP contribution is -2.49. The number of carbonyl (C=O) groups excluding carboxylic acids is 1. The summed E-state index contributed by atoms with van der Waals surface area (Å²) < 4.78 is 3.02. The van der Waals surface area contributed by atoms with Crippen molar-refractivity contribution in [3.8, 4) is 0 Å². The van der Waals surface area contributed by atoms with E-state index in [2.05, 4.69) is 32.1 Å². The lowest BCUT2D eigenvalue weighted by Gasteiger charge is -2.38. The first-order chi connectivity index (χ1) is 13.8. The molecule has 2 heterocycles. The summed E-state index contributed by atoms with van der Waals surface area (Å²) in [5.74, 6) is 0. The predicted octanol–water partition coefficient (Wildman–Crippen LogP) is 3.71. The molecule has 1 saturated heterocycles. The second-order valence-corrected chi connectivity index (χ2v) is 9.15. The Kier molecular flexibility index (Phi) is 4.99. The Hall–Kier alpha value is -2.05. The van der Waals surface area contributed by atoms with Gasteiger partial charge in [-0.2, -0.15) is 0 Å². The second kappa shape index (κ2) is 7.76. The SMILES string of the molecule is O=C(NSC1CN(Cc2ccccn2)C1)Nc1c2c(cc3c1CCC3)CCC2. The summed E-state index contributed by atoms with van der Waals surface area (Å²) in [7, 11) is 0. The summed E-state index contributed by atoms with van der Waals surface area (Å²) in [6.45, 7) is 2.85. The molecule has 1 aliphatic heterocycles. The Morgan fingerprint density at radius 2 is 1.86 bits per heavy atom. The molecule has 146 valence electrons. The van der Waals surface area contributed by atoms with Crippen LogP contribution >= 0.6 is 11.9 Å². The molecular weight excluding hydrogens is 368 g/mol. The number of aryl methyl sites for hydroxylation is 2. The molecule has 28 heavy (non-hydrogen) atoms. The third kappa shape index (κ3) is 3.63. The molecule has 5 rings (SSSR count). The van der Waals surface area contributed by atoms with Crippen LogP contribution in [-0.4, -0.2) is 34.3 Å². The molecular formula is C22H26N4OS. The molecule has 6 heteroatoms.